The largest absolute Gasteiger partial charge is 0.416 e. The van der Waals surface area contributed by atoms with E-state index in [1.54, 1.807) is 13.8 Å². The van der Waals surface area contributed by atoms with Crippen molar-refractivity contribution in [2.45, 2.75) is 57.5 Å². The highest BCUT2D eigenvalue weighted by molar-refractivity contribution is 6.00. The third kappa shape index (κ3) is 8.28. The number of nitrogens with zero attached hydrogens (tertiary/aromatic N) is 1. The van der Waals surface area contributed by atoms with Crippen LogP contribution in [0.1, 0.15) is 42.5 Å². The molecule has 3 aromatic carbocycles. The molecule has 0 fully saturated rings. The average molecular weight is 611 g/mol. The Bertz CT molecular complexity index is 1500. The SMILES string of the molecule is CNC(=O)NCc1ccccc1-c1ccc(CN2C(=O)[C@H](NC(=O)NCC(C)(C)N)CCc3cc(C(F)(F)F)ccc32)cc1. The van der Waals surface area contributed by atoms with E-state index in [1.807, 2.05) is 48.5 Å². The number of carbonyl (C=O) groups is 3. The Morgan fingerprint density at radius 2 is 1.68 bits per heavy atom. The van der Waals surface area contributed by atoms with Gasteiger partial charge in [0.2, 0.25) is 5.91 Å². The second-order valence-electron chi connectivity index (χ2n) is 11.5. The molecule has 0 saturated carbocycles. The van der Waals surface area contributed by atoms with E-state index in [0.29, 0.717) is 17.8 Å². The maximum Gasteiger partial charge on any atom is 0.416 e. The van der Waals surface area contributed by atoms with E-state index in [0.717, 1.165) is 34.4 Å². The Morgan fingerprint density at radius 3 is 2.34 bits per heavy atom. The first-order valence-corrected chi connectivity index (χ1v) is 14.2. The molecule has 0 aromatic heterocycles. The van der Waals surface area contributed by atoms with Gasteiger partial charge in [-0.3, -0.25) is 4.79 Å². The maximum atomic E-state index is 13.8. The summed E-state index contributed by atoms with van der Waals surface area (Å²) in [7, 11) is 1.54. The number of anilines is 1. The summed E-state index contributed by atoms with van der Waals surface area (Å²) >= 11 is 0. The number of amides is 5. The molecule has 1 aliphatic rings. The predicted octanol–water partition coefficient (Wildman–Crippen LogP) is 4.69. The quantitative estimate of drug-likeness (QED) is 0.254. The molecule has 3 aromatic rings. The molecule has 0 aliphatic carbocycles. The van der Waals surface area contributed by atoms with Gasteiger partial charge in [-0.25, -0.2) is 9.59 Å². The molecule has 4 rings (SSSR count). The lowest BCUT2D eigenvalue weighted by molar-refractivity contribution is -0.137. The second-order valence-corrected chi connectivity index (χ2v) is 11.5. The number of halogens is 3. The Kier molecular flexibility index (Phi) is 9.83. The number of hydrogen-bond donors (Lipinski definition) is 5. The van der Waals surface area contributed by atoms with Crippen molar-refractivity contribution in [2.75, 3.05) is 18.5 Å². The first-order valence-electron chi connectivity index (χ1n) is 14.2. The molecule has 44 heavy (non-hydrogen) atoms. The molecular weight excluding hydrogens is 573 g/mol. The number of aryl methyl sites for hydroxylation is 1. The van der Waals surface area contributed by atoms with Gasteiger partial charge in [0.15, 0.2) is 0 Å². The molecule has 6 N–H and O–H groups in total. The molecule has 234 valence electrons. The third-order valence-electron chi connectivity index (χ3n) is 7.26. The monoisotopic (exact) mass is 610 g/mol. The lowest BCUT2D eigenvalue weighted by atomic mass is 9.98. The maximum absolute atomic E-state index is 13.8. The molecule has 1 heterocycles. The van der Waals surface area contributed by atoms with E-state index in [-0.39, 0.29) is 32.0 Å². The average Bonchev–Trinajstić information content (AvgIpc) is 3.10. The van der Waals surface area contributed by atoms with Gasteiger partial charge in [0.25, 0.3) is 0 Å². The smallest absolute Gasteiger partial charge is 0.341 e. The summed E-state index contributed by atoms with van der Waals surface area (Å²) in [4.78, 5) is 39.5. The summed E-state index contributed by atoms with van der Waals surface area (Å²) in [6.45, 7) is 4.04. The highest BCUT2D eigenvalue weighted by Gasteiger charge is 2.35. The number of benzene rings is 3. The molecule has 5 amide bonds. The number of carbonyl (C=O) groups excluding carboxylic acids is 3. The van der Waals surface area contributed by atoms with Crippen LogP contribution >= 0.6 is 0 Å². The van der Waals surface area contributed by atoms with Gasteiger partial charge < -0.3 is 31.9 Å². The number of rotatable bonds is 8. The van der Waals surface area contributed by atoms with Gasteiger partial charge >= 0.3 is 18.2 Å². The van der Waals surface area contributed by atoms with Crippen LogP contribution in [0.2, 0.25) is 0 Å². The Morgan fingerprint density at radius 1 is 0.977 bits per heavy atom. The normalized spacial score (nSPS) is 15.2. The zero-order valence-corrected chi connectivity index (χ0v) is 24.8. The zero-order valence-electron chi connectivity index (χ0n) is 24.8. The Labute approximate surface area is 254 Å². The van der Waals surface area contributed by atoms with Crippen molar-refractivity contribution in [1.82, 2.24) is 21.3 Å². The lowest BCUT2D eigenvalue weighted by Crippen LogP contribution is -2.53. The summed E-state index contributed by atoms with van der Waals surface area (Å²) in [5, 5.41) is 10.6. The topological polar surface area (TPSA) is 129 Å². The highest BCUT2D eigenvalue weighted by Crippen LogP contribution is 2.36. The van der Waals surface area contributed by atoms with Gasteiger partial charge in [-0.1, -0.05) is 48.5 Å². The van der Waals surface area contributed by atoms with E-state index in [1.165, 1.54) is 18.0 Å². The van der Waals surface area contributed by atoms with Crippen molar-refractivity contribution in [1.29, 1.82) is 0 Å². The molecule has 0 spiro atoms. The first kappa shape index (κ1) is 32.3. The van der Waals surface area contributed by atoms with Crippen LogP contribution in [0.25, 0.3) is 11.1 Å². The Balaban J connectivity index is 1.60. The number of fused-ring (bicyclic) bond motifs is 1. The number of alkyl halides is 3. The van der Waals surface area contributed by atoms with Crippen LogP contribution in [0.5, 0.6) is 0 Å². The van der Waals surface area contributed by atoms with Gasteiger partial charge in [0, 0.05) is 31.4 Å². The molecule has 0 bridgehead atoms. The summed E-state index contributed by atoms with van der Waals surface area (Å²) in [6, 6.07) is 16.6. The summed E-state index contributed by atoms with van der Waals surface area (Å²) < 4.78 is 40.6. The number of nitrogens with two attached hydrogens (primary N) is 1. The molecular formula is C32H37F3N6O3. The minimum atomic E-state index is -4.54. The molecule has 0 saturated heterocycles. The Hall–Kier alpha value is -4.58. The lowest BCUT2D eigenvalue weighted by Gasteiger charge is -2.27. The van der Waals surface area contributed by atoms with E-state index in [9.17, 15) is 27.6 Å². The van der Waals surface area contributed by atoms with Crippen molar-refractivity contribution in [3.8, 4) is 11.1 Å². The fourth-order valence-electron chi connectivity index (χ4n) is 4.96. The molecule has 1 aliphatic heterocycles. The van der Waals surface area contributed by atoms with E-state index < -0.39 is 35.3 Å². The van der Waals surface area contributed by atoms with Gasteiger partial charge in [-0.2, -0.15) is 13.2 Å². The van der Waals surface area contributed by atoms with E-state index in [4.69, 9.17) is 5.73 Å². The van der Waals surface area contributed by atoms with Gasteiger partial charge in [-0.15, -0.1) is 0 Å². The van der Waals surface area contributed by atoms with Gasteiger partial charge in [0.05, 0.1) is 12.1 Å². The molecule has 12 heteroatoms. The number of urea groups is 2. The van der Waals surface area contributed by atoms with E-state index in [2.05, 4.69) is 21.3 Å². The van der Waals surface area contributed by atoms with Crippen LogP contribution < -0.4 is 31.9 Å². The van der Waals surface area contributed by atoms with Crippen LogP contribution in [0.15, 0.2) is 66.7 Å². The fraction of sp³-hybridized carbons (Fsp3) is 0.344. The number of hydrogen-bond acceptors (Lipinski definition) is 4. The number of nitrogens with one attached hydrogen (secondary N) is 4. The van der Waals surface area contributed by atoms with Gasteiger partial charge in [0.1, 0.15) is 6.04 Å². The fourth-order valence-corrected chi connectivity index (χ4v) is 4.96. The van der Waals surface area contributed by atoms with Crippen molar-refractivity contribution >= 4 is 23.7 Å². The highest BCUT2D eigenvalue weighted by atomic mass is 19.4. The van der Waals surface area contributed by atoms with Crippen LogP contribution in [-0.4, -0.2) is 43.1 Å². The van der Waals surface area contributed by atoms with Crippen LogP contribution in [-0.2, 0) is 30.5 Å². The minimum absolute atomic E-state index is 0.0764. The van der Waals surface area contributed by atoms with Crippen molar-refractivity contribution in [3.63, 3.8) is 0 Å². The van der Waals surface area contributed by atoms with Gasteiger partial charge in [-0.05, 0) is 72.7 Å². The van der Waals surface area contributed by atoms with Crippen molar-refractivity contribution < 1.29 is 27.6 Å². The summed E-state index contributed by atoms with van der Waals surface area (Å²) in [6.07, 6.45) is -4.25. The zero-order chi connectivity index (χ0) is 32.1. The standard InChI is InChI=1S/C32H37F3N6O3/c1-31(2,36)19-39-30(44)40-26-14-12-22-16-24(32(33,34)35)13-15-27(22)41(28(26)42)18-20-8-10-21(11-9-20)25-7-5-4-6-23(25)17-38-29(43)37-3/h4-11,13,15-16,26H,12,14,17-19,36H2,1-3H3,(H2,37,38,43)(H2,39,40,44)/t26-/m1/s1. The molecule has 1 atom stereocenters. The van der Waals surface area contributed by atoms with Crippen molar-refractivity contribution in [2.24, 2.45) is 5.73 Å². The van der Waals surface area contributed by atoms with Crippen LogP contribution in [0.4, 0.5) is 28.4 Å². The molecule has 0 unspecified atom stereocenters. The first-order chi connectivity index (χ1) is 20.7. The van der Waals surface area contributed by atoms with Crippen LogP contribution in [0, 0.1) is 0 Å². The molecule has 0 radical (unpaired) electrons. The second kappa shape index (κ2) is 13.4. The minimum Gasteiger partial charge on any atom is -0.341 e. The van der Waals surface area contributed by atoms with Crippen LogP contribution in [0.3, 0.4) is 0 Å². The van der Waals surface area contributed by atoms with Crippen molar-refractivity contribution in [3.05, 3.63) is 89.0 Å². The third-order valence-corrected chi connectivity index (χ3v) is 7.26. The molecule has 9 nitrogen and oxygen atoms in total. The predicted molar refractivity (Wildman–Crippen MR) is 163 cm³/mol. The summed E-state index contributed by atoms with van der Waals surface area (Å²) in [5.74, 6) is -0.430. The summed E-state index contributed by atoms with van der Waals surface area (Å²) in [5.41, 5.74) is 8.66. The van der Waals surface area contributed by atoms with E-state index >= 15 is 0 Å².